The van der Waals surface area contributed by atoms with Crippen LogP contribution >= 0.6 is 0 Å². The molecule has 0 radical (unpaired) electrons. The lowest BCUT2D eigenvalue weighted by Crippen LogP contribution is -2.09. The lowest BCUT2D eigenvalue weighted by molar-refractivity contribution is 0.668. The highest BCUT2D eigenvalue weighted by atomic mass is 16.3. The number of hydrogen-bond donors (Lipinski definition) is 0. The molecule has 0 bridgehead atoms. The number of benzene rings is 7. The molecule has 7 aromatic carbocycles. The van der Waals surface area contributed by atoms with Gasteiger partial charge in [0.1, 0.15) is 11.1 Å². The van der Waals surface area contributed by atoms with E-state index in [-0.39, 0.29) is 0 Å². The second kappa shape index (κ2) is 10.8. The van der Waals surface area contributed by atoms with Gasteiger partial charge in [0.25, 0.3) is 0 Å². The standard InChI is InChI=1S/C43H28N2O/c1-2-9-36(10-3-1)45(37-21-16-30(17-22-37)34-14-12-29-7-4-5-8-33(29)27-34)38-23-18-31(19-24-38)35-15-13-32-20-25-40-42(39(32)28-35)43-41(46-40)11-6-26-44-43/h1-28H. The molecule has 0 saturated carbocycles. The van der Waals surface area contributed by atoms with Crippen molar-refractivity contribution in [1.29, 1.82) is 0 Å². The Labute approximate surface area is 266 Å². The molecule has 0 amide bonds. The molecule has 2 aromatic heterocycles. The van der Waals surface area contributed by atoms with Crippen LogP contribution in [0.1, 0.15) is 0 Å². The second-order valence-electron chi connectivity index (χ2n) is 11.7. The van der Waals surface area contributed by atoms with Crippen molar-refractivity contribution in [3.63, 3.8) is 0 Å². The highest BCUT2D eigenvalue weighted by Gasteiger charge is 2.15. The highest BCUT2D eigenvalue weighted by Crippen LogP contribution is 2.39. The minimum atomic E-state index is 0.811. The molecule has 0 fully saturated rings. The Morgan fingerprint density at radius 2 is 1.00 bits per heavy atom. The third kappa shape index (κ3) is 4.49. The van der Waals surface area contributed by atoms with Gasteiger partial charge in [-0.1, -0.05) is 97.1 Å². The molecule has 3 heteroatoms. The van der Waals surface area contributed by atoms with Gasteiger partial charge >= 0.3 is 0 Å². The van der Waals surface area contributed by atoms with Gasteiger partial charge in [0.2, 0.25) is 0 Å². The number of anilines is 3. The Hall–Kier alpha value is -6.19. The molecule has 3 nitrogen and oxygen atoms in total. The van der Waals surface area contributed by atoms with Gasteiger partial charge in [0.15, 0.2) is 5.58 Å². The minimum Gasteiger partial charge on any atom is -0.454 e. The maximum absolute atomic E-state index is 6.11. The van der Waals surface area contributed by atoms with Crippen molar-refractivity contribution >= 4 is 60.7 Å². The predicted octanol–water partition coefficient (Wildman–Crippen LogP) is 12.1. The number of nitrogens with zero attached hydrogens (tertiary/aromatic N) is 2. The van der Waals surface area contributed by atoms with Crippen LogP contribution in [0.15, 0.2) is 174 Å². The third-order valence-electron chi connectivity index (χ3n) is 8.89. The van der Waals surface area contributed by atoms with Crippen LogP contribution in [0.4, 0.5) is 17.1 Å². The number of hydrogen-bond acceptors (Lipinski definition) is 3. The van der Waals surface area contributed by atoms with Crippen LogP contribution < -0.4 is 4.90 Å². The number of para-hydroxylation sites is 1. The van der Waals surface area contributed by atoms with E-state index in [1.807, 2.05) is 24.4 Å². The largest absolute Gasteiger partial charge is 0.454 e. The first-order chi connectivity index (χ1) is 22.8. The first-order valence-electron chi connectivity index (χ1n) is 15.5. The number of rotatable bonds is 5. The highest BCUT2D eigenvalue weighted by molar-refractivity contribution is 6.18. The van der Waals surface area contributed by atoms with Gasteiger partial charge in [-0.15, -0.1) is 0 Å². The van der Waals surface area contributed by atoms with Gasteiger partial charge in [-0.05, 0) is 111 Å². The average molecular weight is 589 g/mol. The molecule has 0 saturated heterocycles. The molecule has 9 aromatic rings. The van der Waals surface area contributed by atoms with Gasteiger partial charge in [-0.3, -0.25) is 4.98 Å². The van der Waals surface area contributed by atoms with Gasteiger partial charge < -0.3 is 9.32 Å². The van der Waals surface area contributed by atoms with Crippen molar-refractivity contribution in [2.75, 3.05) is 4.90 Å². The van der Waals surface area contributed by atoms with E-state index in [1.54, 1.807) is 0 Å². The van der Waals surface area contributed by atoms with Gasteiger partial charge in [0, 0.05) is 23.3 Å². The van der Waals surface area contributed by atoms with E-state index in [4.69, 9.17) is 4.42 Å². The van der Waals surface area contributed by atoms with Crippen molar-refractivity contribution in [1.82, 2.24) is 4.98 Å². The molecule has 0 spiro atoms. The fraction of sp³-hybridized carbons (Fsp3) is 0. The summed E-state index contributed by atoms with van der Waals surface area (Å²) in [6.45, 7) is 0. The quantitative estimate of drug-likeness (QED) is 0.200. The Morgan fingerprint density at radius 1 is 0.413 bits per heavy atom. The van der Waals surface area contributed by atoms with E-state index >= 15 is 0 Å². The lowest BCUT2D eigenvalue weighted by Gasteiger charge is -2.26. The molecule has 0 unspecified atom stereocenters. The van der Waals surface area contributed by atoms with Crippen LogP contribution in [0.3, 0.4) is 0 Å². The van der Waals surface area contributed by atoms with Gasteiger partial charge in [0.05, 0.1) is 5.39 Å². The number of aromatic nitrogens is 1. The van der Waals surface area contributed by atoms with Gasteiger partial charge in [-0.25, -0.2) is 0 Å². The van der Waals surface area contributed by atoms with E-state index in [9.17, 15) is 0 Å². The normalized spacial score (nSPS) is 11.5. The Kier molecular flexibility index (Phi) is 6.14. The van der Waals surface area contributed by atoms with Crippen LogP contribution in [0.2, 0.25) is 0 Å². The molecule has 0 aliphatic carbocycles. The molecule has 46 heavy (non-hydrogen) atoms. The molecule has 0 aliphatic rings. The molecular weight excluding hydrogens is 560 g/mol. The topological polar surface area (TPSA) is 29.3 Å². The summed E-state index contributed by atoms with van der Waals surface area (Å²) in [5.41, 5.74) is 10.6. The Balaban J connectivity index is 1.09. The zero-order chi connectivity index (χ0) is 30.5. The van der Waals surface area contributed by atoms with Crippen molar-refractivity contribution in [2.24, 2.45) is 0 Å². The van der Waals surface area contributed by atoms with Crippen molar-refractivity contribution < 1.29 is 4.42 Å². The SMILES string of the molecule is c1ccc(N(c2ccc(-c3ccc4ccccc4c3)cc2)c2ccc(-c3ccc4ccc5oc6cccnc6c5c4c3)cc2)cc1. The second-order valence-corrected chi connectivity index (χ2v) is 11.7. The van der Waals surface area contributed by atoms with Crippen LogP contribution in [0.25, 0.3) is 65.9 Å². The van der Waals surface area contributed by atoms with Crippen molar-refractivity contribution in [3.8, 4) is 22.3 Å². The van der Waals surface area contributed by atoms with Crippen molar-refractivity contribution in [3.05, 3.63) is 170 Å². The fourth-order valence-electron chi connectivity index (χ4n) is 6.59. The summed E-state index contributed by atoms with van der Waals surface area (Å²) in [5, 5.41) is 5.89. The molecular formula is C43H28N2O. The molecule has 0 atom stereocenters. The summed E-state index contributed by atoms with van der Waals surface area (Å²) in [5.74, 6) is 0. The zero-order valence-corrected chi connectivity index (χ0v) is 25.0. The summed E-state index contributed by atoms with van der Waals surface area (Å²) < 4.78 is 6.11. The number of pyridine rings is 1. The molecule has 9 rings (SSSR count). The monoisotopic (exact) mass is 588 g/mol. The first-order valence-corrected chi connectivity index (χ1v) is 15.5. The summed E-state index contributed by atoms with van der Waals surface area (Å²) in [4.78, 5) is 6.95. The molecule has 0 aliphatic heterocycles. The summed E-state index contributed by atoms with van der Waals surface area (Å²) >= 11 is 0. The fourth-order valence-corrected chi connectivity index (χ4v) is 6.59. The first kappa shape index (κ1) is 26.2. The van der Waals surface area contributed by atoms with E-state index < -0.39 is 0 Å². The lowest BCUT2D eigenvalue weighted by atomic mass is 9.98. The molecule has 2 heterocycles. The van der Waals surface area contributed by atoms with Crippen LogP contribution in [0.5, 0.6) is 0 Å². The maximum atomic E-state index is 6.11. The summed E-state index contributed by atoms with van der Waals surface area (Å²) in [6.07, 6.45) is 1.83. The summed E-state index contributed by atoms with van der Waals surface area (Å²) in [7, 11) is 0. The number of fused-ring (bicyclic) bond motifs is 6. The predicted molar refractivity (Wildman–Crippen MR) is 192 cm³/mol. The maximum Gasteiger partial charge on any atom is 0.153 e. The smallest absolute Gasteiger partial charge is 0.153 e. The summed E-state index contributed by atoms with van der Waals surface area (Å²) in [6, 6.07) is 58.1. The van der Waals surface area contributed by atoms with Crippen LogP contribution in [-0.4, -0.2) is 4.98 Å². The van der Waals surface area contributed by atoms with E-state index in [2.05, 4.69) is 155 Å². The zero-order valence-electron chi connectivity index (χ0n) is 25.0. The van der Waals surface area contributed by atoms with E-state index in [0.29, 0.717) is 0 Å². The van der Waals surface area contributed by atoms with Crippen molar-refractivity contribution in [2.45, 2.75) is 0 Å². The average Bonchev–Trinajstić information content (AvgIpc) is 3.52. The van der Waals surface area contributed by atoms with Gasteiger partial charge in [-0.2, -0.15) is 0 Å². The minimum absolute atomic E-state index is 0.811. The molecule has 216 valence electrons. The third-order valence-corrected chi connectivity index (χ3v) is 8.89. The Morgan fingerprint density at radius 3 is 1.74 bits per heavy atom. The van der Waals surface area contributed by atoms with E-state index in [0.717, 1.165) is 55.6 Å². The van der Waals surface area contributed by atoms with Crippen LogP contribution in [-0.2, 0) is 0 Å². The molecule has 0 N–H and O–H groups in total. The van der Waals surface area contributed by atoms with E-state index in [1.165, 1.54) is 27.3 Å². The number of furan rings is 1. The Bertz CT molecular complexity index is 2510. The van der Waals surface area contributed by atoms with Crippen LogP contribution in [0, 0.1) is 0 Å².